The molecule has 3 rings (SSSR count). The number of fused-ring (bicyclic) bond motifs is 1. The first kappa shape index (κ1) is 24.2. The van der Waals surface area contributed by atoms with Crippen LogP contribution in [0.5, 0.6) is 17.2 Å². The van der Waals surface area contributed by atoms with Crippen LogP contribution in [0.1, 0.15) is 31.1 Å². The summed E-state index contributed by atoms with van der Waals surface area (Å²) in [7, 11) is 0. The van der Waals surface area contributed by atoms with E-state index < -0.39 is 5.91 Å². The summed E-state index contributed by atoms with van der Waals surface area (Å²) in [6.07, 6.45) is 1.72. The van der Waals surface area contributed by atoms with Crippen molar-refractivity contribution < 1.29 is 19.0 Å². The lowest BCUT2D eigenvalue weighted by Gasteiger charge is -2.16. The van der Waals surface area contributed by atoms with Crippen LogP contribution in [0, 0.1) is 0 Å². The molecule has 0 spiro atoms. The number of benzene rings is 2. The van der Waals surface area contributed by atoms with Crippen LogP contribution in [-0.4, -0.2) is 30.3 Å². The summed E-state index contributed by atoms with van der Waals surface area (Å²) in [5, 5.41) is 0.999. The number of allylic oxidation sites excluding steroid dienone is 1. The summed E-state index contributed by atoms with van der Waals surface area (Å²) >= 11 is 13.9. The Labute approximate surface area is 200 Å². The van der Waals surface area contributed by atoms with Crippen LogP contribution in [0.4, 0.5) is 0 Å². The highest BCUT2D eigenvalue weighted by Gasteiger charge is 2.19. The number of rotatable bonds is 9. The average molecular weight is 495 g/mol. The first-order chi connectivity index (χ1) is 15.4. The molecule has 0 unspecified atom stereocenters. The third-order valence-corrected chi connectivity index (χ3v) is 5.89. The summed E-state index contributed by atoms with van der Waals surface area (Å²) in [6.45, 7) is 11.1. The van der Waals surface area contributed by atoms with Crippen molar-refractivity contribution in [1.82, 2.24) is 4.57 Å². The Morgan fingerprint density at radius 1 is 1.06 bits per heavy atom. The monoisotopic (exact) mass is 494 g/mol. The molecular weight excluding hydrogens is 471 g/mol. The zero-order valence-electron chi connectivity index (χ0n) is 18.1. The average Bonchev–Trinajstić information content (AvgIpc) is 3.07. The highest BCUT2D eigenvalue weighted by molar-refractivity contribution is 7.16. The number of nitrogens with zero attached hydrogens (tertiary/aromatic N) is 2. The largest absolute Gasteiger partial charge is 0.490 e. The van der Waals surface area contributed by atoms with Gasteiger partial charge in [-0.05, 0) is 45.0 Å². The van der Waals surface area contributed by atoms with Gasteiger partial charge in [-0.1, -0.05) is 40.6 Å². The van der Waals surface area contributed by atoms with E-state index in [0.717, 1.165) is 10.2 Å². The Balaban J connectivity index is 2.17. The van der Waals surface area contributed by atoms with Gasteiger partial charge in [0.2, 0.25) is 5.75 Å². The number of amides is 1. The molecule has 32 heavy (non-hydrogen) atoms. The normalized spacial score (nSPS) is 11.6. The Kier molecular flexibility index (Phi) is 8.23. The smallest absolute Gasteiger partial charge is 0.279 e. The summed E-state index contributed by atoms with van der Waals surface area (Å²) in [4.78, 5) is 18.0. The van der Waals surface area contributed by atoms with E-state index in [2.05, 4.69) is 11.6 Å². The molecule has 1 heterocycles. The predicted molar refractivity (Wildman–Crippen MR) is 130 cm³/mol. The standard InChI is InChI=1S/C23H24Cl2N2O4S/c1-5-9-27-20-16(25)12-15(24)13-19(20)32-23(27)26-22(28)14-10-17(29-6-2)21(31-8-4)18(11-14)30-7-3/h5,10-13H,1,6-9H2,2-4H3. The third-order valence-electron chi connectivity index (χ3n) is 4.36. The molecule has 6 nitrogen and oxygen atoms in total. The number of thiazole rings is 1. The molecule has 0 aliphatic heterocycles. The summed E-state index contributed by atoms with van der Waals surface area (Å²) in [5.74, 6) is 0.896. The second-order valence-corrected chi connectivity index (χ2v) is 8.39. The van der Waals surface area contributed by atoms with Gasteiger partial charge in [-0.25, -0.2) is 0 Å². The first-order valence-electron chi connectivity index (χ1n) is 10.2. The van der Waals surface area contributed by atoms with Crippen LogP contribution >= 0.6 is 34.5 Å². The zero-order valence-corrected chi connectivity index (χ0v) is 20.4. The maximum atomic E-state index is 13.2. The van der Waals surface area contributed by atoms with Crippen molar-refractivity contribution in [3.05, 3.63) is 57.3 Å². The molecule has 0 saturated carbocycles. The Hall–Kier alpha value is -2.48. The number of hydrogen-bond donors (Lipinski definition) is 0. The first-order valence-corrected chi connectivity index (χ1v) is 11.7. The molecule has 9 heteroatoms. The maximum Gasteiger partial charge on any atom is 0.279 e. The maximum absolute atomic E-state index is 13.2. The SMILES string of the molecule is C=CCn1c(=NC(=O)c2cc(OCC)c(OCC)c(OCC)c2)sc2cc(Cl)cc(Cl)c21. The van der Waals surface area contributed by atoms with Crippen molar-refractivity contribution in [2.75, 3.05) is 19.8 Å². The molecule has 0 fully saturated rings. The summed E-state index contributed by atoms with van der Waals surface area (Å²) in [6, 6.07) is 6.71. The lowest BCUT2D eigenvalue weighted by atomic mass is 10.1. The van der Waals surface area contributed by atoms with Crippen LogP contribution in [0.2, 0.25) is 10.0 Å². The van der Waals surface area contributed by atoms with Gasteiger partial charge in [0, 0.05) is 17.1 Å². The molecule has 1 aromatic heterocycles. The van der Waals surface area contributed by atoms with E-state index in [1.54, 1.807) is 30.3 Å². The molecule has 0 bridgehead atoms. The van der Waals surface area contributed by atoms with Crippen molar-refractivity contribution in [2.45, 2.75) is 27.3 Å². The Morgan fingerprint density at radius 3 is 2.25 bits per heavy atom. The fourth-order valence-corrected chi connectivity index (χ4v) is 5.00. The number of aromatic nitrogens is 1. The molecule has 170 valence electrons. The lowest BCUT2D eigenvalue weighted by molar-refractivity contribution is 0.0996. The van der Waals surface area contributed by atoms with Gasteiger partial charge in [-0.3, -0.25) is 4.79 Å². The van der Waals surface area contributed by atoms with Crippen molar-refractivity contribution in [3.8, 4) is 17.2 Å². The third kappa shape index (κ3) is 5.11. The van der Waals surface area contributed by atoms with E-state index in [4.69, 9.17) is 37.4 Å². The molecule has 3 aromatic rings. The molecule has 0 atom stereocenters. The van der Waals surface area contributed by atoms with Crippen molar-refractivity contribution in [2.24, 2.45) is 4.99 Å². The van der Waals surface area contributed by atoms with Crippen molar-refractivity contribution in [1.29, 1.82) is 0 Å². The molecule has 0 aliphatic carbocycles. The molecular formula is C23H24Cl2N2O4S. The molecule has 2 aromatic carbocycles. The van der Waals surface area contributed by atoms with Crippen molar-refractivity contribution in [3.63, 3.8) is 0 Å². The predicted octanol–water partition coefficient (Wildman–Crippen LogP) is 6.13. The van der Waals surface area contributed by atoms with E-state index in [1.807, 2.05) is 25.3 Å². The topological polar surface area (TPSA) is 62.1 Å². The second kappa shape index (κ2) is 10.9. The van der Waals surface area contributed by atoms with E-state index in [9.17, 15) is 4.79 Å². The number of carbonyl (C=O) groups is 1. The van der Waals surface area contributed by atoms with Crippen LogP contribution in [0.3, 0.4) is 0 Å². The van der Waals surface area contributed by atoms with Gasteiger partial charge in [0.25, 0.3) is 5.91 Å². The van der Waals surface area contributed by atoms with E-state index >= 15 is 0 Å². The fourth-order valence-electron chi connectivity index (χ4n) is 3.18. The van der Waals surface area contributed by atoms with Gasteiger partial charge in [0.05, 0.1) is 35.1 Å². The molecule has 0 aliphatic rings. The van der Waals surface area contributed by atoms with Gasteiger partial charge >= 0.3 is 0 Å². The van der Waals surface area contributed by atoms with Gasteiger partial charge in [0.15, 0.2) is 16.3 Å². The lowest BCUT2D eigenvalue weighted by Crippen LogP contribution is -2.16. The van der Waals surface area contributed by atoms with E-state index in [0.29, 0.717) is 64.0 Å². The molecule has 0 N–H and O–H groups in total. The highest BCUT2D eigenvalue weighted by Crippen LogP contribution is 2.39. The minimum Gasteiger partial charge on any atom is -0.490 e. The fraction of sp³-hybridized carbons (Fsp3) is 0.304. The number of carbonyl (C=O) groups excluding carboxylic acids is 1. The van der Waals surface area contributed by atoms with Crippen LogP contribution in [0.25, 0.3) is 10.2 Å². The zero-order chi connectivity index (χ0) is 23.3. The summed E-state index contributed by atoms with van der Waals surface area (Å²) in [5.41, 5.74) is 1.08. The van der Waals surface area contributed by atoms with Crippen LogP contribution < -0.4 is 19.0 Å². The van der Waals surface area contributed by atoms with Gasteiger partial charge < -0.3 is 18.8 Å². The van der Waals surface area contributed by atoms with Gasteiger partial charge in [0.1, 0.15) is 0 Å². The highest BCUT2D eigenvalue weighted by atomic mass is 35.5. The van der Waals surface area contributed by atoms with Crippen molar-refractivity contribution >= 4 is 50.7 Å². The van der Waals surface area contributed by atoms with E-state index in [1.165, 1.54) is 11.3 Å². The van der Waals surface area contributed by atoms with Gasteiger partial charge in [-0.15, -0.1) is 6.58 Å². The van der Waals surface area contributed by atoms with Crippen LogP contribution in [0.15, 0.2) is 41.9 Å². The van der Waals surface area contributed by atoms with E-state index in [-0.39, 0.29) is 0 Å². The minimum atomic E-state index is -0.443. The molecule has 1 amide bonds. The number of hydrogen-bond acceptors (Lipinski definition) is 5. The quantitative estimate of drug-likeness (QED) is 0.335. The Morgan fingerprint density at radius 2 is 1.69 bits per heavy atom. The molecule has 0 radical (unpaired) electrons. The second-order valence-electron chi connectivity index (χ2n) is 6.54. The summed E-state index contributed by atoms with van der Waals surface area (Å²) < 4.78 is 19.8. The minimum absolute atomic E-state index is 0.326. The van der Waals surface area contributed by atoms with Crippen LogP contribution in [-0.2, 0) is 6.54 Å². The number of ether oxygens (including phenoxy) is 3. The number of halogens is 2. The Bertz CT molecular complexity index is 1190. The van der Waals surface area contributed by atoms with Gasteiger partial charge in [-0.2, -0.15) is 4.99 Å². The molecule has 0 saturated heterocycles.